The monoisotopic (exact) mass is 416 g/mol. The van der Waals surface area contributed by atoms with Crippen molar-refractivity contribution in [1.29, 1.82) is 0 Å². The Bertz CT molecular complexity index is 926. The van der Waals surface area contributed by atoms with Crippen LogP contribution in [0.3, 0.4) is 0 Å². The number of methoxy groups -OCH3 is 2. The van der Waals surface area contributed by atoms with Crippen LogP contribution in [0.4, 0.5) is 11.4 Å². The third-order valence-electron chi connectivity index (χ3n) is 4.63. The molecular weight excluding hydrogens is 392 g/mol. The molecule has 1 amide bonds. The molecule has 1 atom stereocenters. The van der Waals surface area contributed by atoms with Crippen molar-refractivity contribution >= 4 is 23.3 Å². The Morgan fingerprint density at radius 3 is 2.23 bits per heavy atom. The normalized spacial score (nSPS) is 11.3. The molecular formula is C21H24N2O7. The first-order valence-corrected chi connectivity index (χ1v) is 9.28. The lowest BCUT2D eigenvalue weighted by atomic mass is 9.99. The third kappa shape index (κ3) is 5.47. The molecule has 30 heavy (non-hydrogen) atoms. The summed E-state index contributed by atoms with van der Waals surface area (Å²) in [6.07, 6.45) is 1.00. The summed E-state index contributed by atoms with van der Waals surface area (Å²) in [6.45, 7) is 3.61. The van der Waals surface area contributed by atoms with Gasteiger partial charge in [-0.15, -0.1) is 0 Å². The summed E-state index contributed by atoms with van der Waals surface area (Å²) in [6, 6.07) is 9.57. The molecule has 0 heterocycles. The molecule has 9 nitrogen and oxygen atoms in total. The molecule has 160 valence electrons. The minimum atomic E-state index is -1.02. The molecule has 0 saturated heterocycles. The lowest BCUT2D eigenvalue weighted by Gasteiger charge is -2.11. The smallest absolute Gasteiger partial charge is 0.345 e. The van der Waals surface area contributed by atoms with E-state index < -0.39 is 29.1 Å². The fourth-order valence-electron chi connectivity index (χ4n) is 2.72. The molecule has 0 aliphatic heterocycles. The van der Waals surface area contributed by atoms with E-state index in [9.17, 15) is 19.7 Å². The number of nitrogens with zero attached hydrogens (tertiary/aromatic N) is 1. The van der Waals surface area contributed by atoms with Crippen molar-refractivity contribution in [2.75, 3.05) is 26.1 Å². The average molecular weight is 416 g/mol. The second kappa shape index (κ2) is 10.2. The quantitative estimate of drug-likeness (QED) is 0.374. The van der Waals surface area contributed by atoms with Crippen LogP contribution in [0.15, 0.2) is 36.4 Å². The molecule has 2 aromatic rings. The van der Waals surface area contributed by atoms with Gasteiger partial charge in [0.25, 0.3) is 11.6 Å². The van der Waals surface area contributed by atoms with Gasteiger partial charge in [0, 0.05) is 11.8 Å². The number of rotatable bonds is 9. The topological polar surface area (TPSA) is 117 Å². The van der Waals surface area contributed by atoms with Gasteiger partial charge in [-0.1, -0.05) is 26.0 Å². The number of benzene rings is 2. The van der Waals surface area contributed by atoms with E-state index in [2.05, 4.69) is 19.2 Å². The maximum atomic E-state index is 12.3. The van der Waals surface area contributed by atoms with E-state index in [1.165, 1.54) is 14.2 Å². The molecule has 0 saturated carbocycles. The number of amides is 1. The number of carbonyl (C=O) groups excluding carboxylic acids is 2. The summed E-state index contributed by atoms with van der Waals surface area (Å²) >= 11 is 0. The molecule has 1 N–H and O–H groups in total. The van der Waals surface area contributed by atoms with Gasteiger partial charge in [-0.05, 0) is 30.0 Å². The van der Waals surface area contributed by atoms with Crippen molar-refractivity contribution in [1.82, 2.24) is 0 Å². The highest BCUT2D eigenvalue weighted by molar-refractivity contribution is 5.98. The van der Waals surface area contributed by atoms with Gasteiger partial charge in [0.2, 0.25) is 0 Å². The zero-order chi connectivity index (χ0) is 22.3. The van der Waals surface area contributed by atoms with Crippen LogP contribution < -0.4 is 14.8 Å². The van der Waals surface area contributed by atoms with Crippen molar-refractivity contribution in [3.05, 3.63) is 57.6 Å². The van der Waals surface area contributed by atoms with Gasteiger partial charge in [0.15, 0.2) is 18.1 Å². The van der Waals surface area contributed by atoms with Crippen LogP contribution in [-0.4, -0.2) is 37.6 Å². The number of anilines is 1. The molecule has 0 fully saturated rings. The molecule has 2 aromatic carbocycles. The molecule has 0 aliphatic rings. The van der Waals surface area contributed by atoms with Gasteiger partial charge in [-0.3, -0.25) is 14.9 Å². The lowest BCUT2D eigenvalue weighted by molar-refractivity contribution is -0.385. The summed E-state index contributed by atoms with van der Waals surface area (Å²) in [7, 11) is 2.65. The average Bonchev–Trinajstić information content (AvgIpc) is 2.76. The van der Waals surface area contributed by atoms with Crippen molar-refractivity contribution in [3.8, 4) is 11.5 Å². The van der Waals surface area contributed by atoms with E-state index in [1.54, 1.807) is 12.1 Å². The van der Waals surface area contributed by atoms with Crippen LogP contribution in [0.1, 0.15) is 42.1 Å². The second-order valence-electron chi connectivity index (χ2n) is 6.54. The molecule has 0 aliphatic carbocycles. The highest BCUT2D eigenvalue weighted by Gasteiger charge is 2.26. The van der Waals surface area contributed by atoms with Gasteiger partial charge >= 0.3 is 5.97 Å². The number of hydrogen-bond donors (Lipinski definition) is 1. The number of nitro benzene ring substituents is 1. The van der Waals surface area contributed by atoms with Gasteiger partial charge in [0.1, 0.15) is 5.56 Å². The van der Waals surface area contributed by atoms with Crippen molar-refractivity contribution in [2.45, 2.75) is 26.2 Å². The van der Waals surface area contributed by atoms with Gasteiger partial charge in [0.05, 0.1) is 25.2 Å². The van der Waals surface area contributed by atoms with Gasteiger partial charge in [-0.25, -0.2) is 4.79 Å². The molecule has 9 heteroatoms. The fraction of sp³-hybridized carbons (Fsp3) is 0.333. The fourth-order valence-corrected chi connectivity index (χ4v) is 2.72. The predicted molar refractivity (Wildman–Crippen MR) is 110 cm³/mol. The van der Waals surface area contributed by atoms with E-state index in [0.29, 0.717) is 11.6 Å². The zero-order valence-corrected chi connectivity index (χ0v) is 17.3. The molecule has 0 aromatic heterocycles. The second-order valence-corrected chi connectivity index (χ2v) is 6.54. The highest BCUT2D eigenvalue weighted by Crippen LogP contribution is 2.34. The van der Waals surface area contributed by atoms with Crippen LogP contribution >= 0.6 is 0 Å². The Balaban J connectivity index is 2.06. The highest BCUT2D eigenvalue weighted by atomic mass is 16.6. The third-order valence-corrected chi connectivity index (χ3v) is 4.63. The molecule has 2 rings (SSSR count). The summed E-state index contributed by atoms with van der Waals surface area (Å²) in [5, 5.41) is 13.9. The largest absolute Gasteiger partial charge is 0.493 e. The summed E-state index contributed by atoms with van der Waals surface area (Å²) in [4.78, 5) is 35.0. The number of esters is 1. The molecule has 0 unspecified atom stereocenters. The van der Waals surface area contributed by atoms with Crippen LogP contribution in [0.25, 0.3) is 0 Å². The first kappa shape index (κ1) is 22.7. The first-order valence-electron chi connectivity index (χ1n) is 9.28. The minimum absolute atomic E-state index is 0.0966. The van der Waals surface area contributed by atoms with E-state index >= 15 is 0 Å². The number of carbonyl (C=O) groups is 2. The maximum Gasteiger partial charge on any atom is 0.345 e. The standard InChI is InChI=1S/C21H24N2O7/c1-5-13(2)14-6-8-15(9-7-14)22-20(24)12-30-21(25)16-10-18(28-3)19(29-4)11-17(16)23(26)27/h6-11,13H,5,12H2,1-4H3,(H,22,24)/t13-/m0/s1. The number of ether oxygens (including phenoxy) is 3. The van der Waals surface area contributed by atoms with Crippen LogP contribution in [0, 0.1) is 10.1 Å². The minimum Gasteiger partial charge on any atom is -0.493 e. The SMILES string of the molecule is CC[C@H](C)c1ccc(NC(=O)COC(=O)c2cc(OC)c(OC)cc2[N+](=O)[O-])cc1. The van der Waals surface area contributed by atoms with Gasteiger partial charge in [-0.2, -0.15) is 0 Å². The van der Waals surface area contributed by atoms with E-state index in [1.807, 2.05) is 12.1 Å². The Labute approximate surface area is 174 Å². The number of hydrogen-bond acceptors (Lipinski definition) is 7. The Kier molecular flexibility index (Phi) is 7.74. The molecule has 0 radical (unpaired) electrons. The van der Waals surface area contributed by atoms with E-state index in [-0.39, 0.29) is 17.1 Å². The van der Waals surface area contributed by atoms with E-state index in [4.69, 9.17) is 14.2 Å². The van der Waals surface area contributed by atoms with Crippen LogP contribution in [0.2, 0.25) is 0 Å². The van der Waals surface area contributed by atoms with Gasteiger partial charge < -0.3 is 19.5 Å². The van der Waals surface area contributed by atoms with Crippen molar-refractivity contribution < 1.29 is 28.7 Å². The number of nitro groups is 1. The number of nitrogens with one attached hydrogen (secondary N) is 1. The van der Waals surface area contributed by atoms with Crippen molar-refractivity contribution in [2.24, 2.45) is 0 Å². The summed E-state index contributed by atoms with van der Waals surface area (Å²) in [5.74, 6) is -0.957. The lowest BCUT2D eigenvalue weighted by Crippen LogP contribution is -2.21. The molecule has 0 spiro atoms. The first-order chi connectivity index (χ1) is 14.3. The van der Waals surface area contributed by atoms with Crippen molar-refractivity contribution in [3.63, 3.8) is 0 Å². The Hall–Kier alpha value is -3.62. The summed E-state index contributed by atoms with van der Waals surface area (Å²) < 4.78 is 15.0. The Morgan fingerprint density at radius 2 is 1.70 bits per heavy atom. The van der Waals surface area contributed by atoms with E-state index in [0.717, 1.165) is 24.1 Å². The maximum absolute atomic E-state index is 12.3. The van der Waals surface area contributed by atoms with Crippen LogP contribution in [-0.2, 0) is 9.53 Å². The summed E-state index contributed by atoms with van der Waals surface area (Å²) in [5.41, 5.74) is 0.852. The molecule has 0 bridgehead atoms. The zero-order valence-electron chi connectivity index (χ0n) is 17.3. The Morgan fingerprint density at radius 1 is 1.10 bits per heavy atom. The van der Waals surface area contributed by atoms with Crippen LogP contribution in [0.5, 0.6) is 11.5 Å². The predicted octanol–water partition coefficient (Wildman–Crippen LogP) is 3.92.